The second-order valence-corrected chi connectivity index (χ2v) is 4.34. The van der Waals surface area contributed by atoms with Gasteiger partial charge < -0.3 is 15.2 Å². The van der Waals surface area contributed by atoms with Gasteiger partial charge in [-0.25, -0.2) is 0 Å². The van der Waals surface area contributed by atoms with E-state index in [-0.39, 0.29) is 6.42 Å². The van der Waals surface area contributed by atoms with Crippen LogP contribution in [0.3, 0.4) is 0 Å². The molecule has 0 aromatic heterocycles. The van der Waals surface area contributed by atoms with Crippen LogP contribution in [0.2, 0.25) is 0 Å². The molecule has 0 aliphatic heterocycles. The largest absolute Gasteiger partial charge is 0.494 e. The fraction of sp³-hybridized carbons (Fsp3) is 0.500. The standard InChI is InChI=1S/C14H21NO3/c1-11-4-5-13(10-12(11)2)18-9-3-7-15-8-6-14(16)17/h4-5,10,15H,3,6-9H2,1-2H3,(H,16,17). The number of ether oxygens (including phenoxy) is 1. The van der Waals surface area contributed by atoms with Gasteiger partial charge in [0.15, 0.2) is 0 Å². The number of hydrogen-bond donors (Lipinski definition) is 2. The number of aliphatic carboxylic acids is 1. The molecule has 0 aliphatic rings. The summed E-state index contributed by atoms with van der Waals surface area (Å²) in [7, 11) is 0. The van der Waals surface area contributed by atoms with Crippen LogP contribution in [0.15, 0.2) is 18.2 Å². The van der Waals surface area contributed by atoms with Crippen molar-refractivity contribution in [2.75, 3.05) is 19.7 Å². The second-order valence-electron chi connectivity index (χ2n) is 4.34. The third-order valence-corrected chi connectivity index (χ3v) is 2.76. The number of carboxylic acid groups (broad SMARTS) is 1. The highest BCUT2D eigenvalue weighted by Crippen LogP contribution is 2.16. The minimum atomic E-state index is -0.770. The Kier molecular flexibility index (Phi) is 6.22. The molecule has 1 aromatic carbocycles. The molecule has 1 aromatic rings. The molecule has 0 saturated carbocycles. The molecule has 0 amide bonds. The summed E-state index contributed by atoms with van der Waals surface area (Å²) in [6.07, 6.45) is 1.03. The van der Waals surface area contributed by atoms with Crippen molar-refractivity contribution in [3.63, 3.8) is 0 Å². The second kappa shape index (κ2) is 7.71. The van der Waals surface area contributed by atoms with Gasteiger partial charge in [-0.2, -0.15) is 0 Å². The third kappa shape index (κ3) is 5.68. The van der Waals surface area contributed by atoms with Crippen LogP contribution < -0.4 is 10.1 Å². The van der Waals surface area contributed by atoms with Gasteiger partial charge in [0.25, 0.3) is 0 Å². The number of hydrogen-bond acceptors (Lipinski definition) is 3. The molecule has 0 spiro atoms. The summed E-state index contributed by atoms with van der Waals surface area (Å²) >= 11 is 0. The van der Waals surface area contributed by atoms with Gasteiger partial charge in [-0.3, -0.25) is 4.79 Å². The van der Waals surface area contributed by atoms with Gasteiger partial charge in [0.05, 0.1) is 13.0 Å². The number of nitrogens with one attached hydrogen (secondary N) is 1. The zero-order valence-corrected chi connectivity index (χ0v) is 11.0. The highest BCUT2D eigenvalue weighted by molar-refractivity contribution is 5.66. The first kappa shape index (κ1) is 14.5. The van der Waals surface area contributed by atoms with E-state index in [1.54, 1.807) is 0 Å². The van der Waals surface area contributed by atoms with Crippen molar-refractivity contribution in [3.05, 3.63) is 29.3 Å². The molecule has 2 N–H and O–H groups in total. The van der Waals surface area contributed by atoms with E-state index in [0.717, 1.165) is 18.7 Å². The molecule has 18 heavy (non-hydrogen) atoms. The number of benzene rings is 1. The van der Waals surface area contributed by atoms with E-state index in [9.17, 15) is 4.79 Å². The van der Waals surface area contributed by atoms with Crippen LogP contribution in [0.5, 0.6) is 5.75 Å². The van der Waals surface area contributed by atoms with Crippen LogP contribution >= 0.6 is 0 Å². The van der Waals surface area contributed by atoms with Crippen molar-refractivity contribution in [2.45, 2.75) is 26.7 Å². The Balaban J connectivity index is 2.10. The molecule has 100 valence electrons. The Morgan fingerprint density at radius 1 is 1.28 bits per heavy atom. The lowest BCUT2D eigenvalue weighted by atomic mass is 10.1. The normalized spacial score (nSPS) is 10.3. The number of carboxylic acids is 1. The van der Waals surface area contributed by atoms with E-state index in [1.165, 1.54) is 11.1 Å². The summed E-state index contributed by atoms with van der Waals surface area (Å²) in [5, 5.41) is 11.5. The zero-order valence-electron chi connectivity index (χ0n) is 11.0. The highest BCUT2D eigenvalue weighted by atomic mass is 16.5. The molecule has 1 rings (SSSR count). The summed E-state index contributed by atoms with van der Waals surface area (Å²) in [5.74, 6) is 0.123. The minimum Gasteiger partial charge on any atom is -0.494 e. The maximum absolute atomic E-state index is 10.3. The zero-order chi connectivity index (χ0) is 13.4. The van der Waals surface area contributed by atoms with Crippen LogP contribution in [0.4, 0.5) is 0 Å². The lowest BCUT2D eigenvalue weighted by Crippen LogP contribution is -2.20. The van der Waals surface area contributed by atoms with E-state index < -0.39 is 5.97 Å². The monoisotopic (exact) mass is 251 g/mol. The van der Waals surface area contributed by atoms with Crippen LogP contribution in [0.25, 0.3) is 0 Å². The molecular formula is C14H21NO3. The minimum absolute atomic E-state index is 0.165. The Morgan fingerprint density at radius 2 is 2.06 bits per heavy atom. The molecule has 0 bridgehead atoms. The lowest BCUT2D eigenvalue weighted by Gasteiger charge is -2.08. The average Bonchev–Trinajstić information content (AvgIpc) is 2.32. The van der Waals surface area contributed by atoms with Crippen molar-refractivity contribution in [1.29, 1.82) is 0 Å². The van der Waals surface area contributed by atoms with Crippen molar-refractivity contribution in [2.24, 2.45) is 0 Å². The summed E-state index contributed by atoms with van der Waals surface area (Å²) in [5.41, 5.74) is 2.49. The fourth-order valence-corrected chi connectivity index (χ4v) is 1.51. The number of carbonyl (C=O) groups is 1. The molecule has 0 aliphatic carbocycles. The molecule has 0 saturated heterocycles. The van der Waals surface area contributed by atoms with Crippen molar-refractivity contribution < 1.29 is 14.6 Å². The van der Waals surface area contributed by atoms with Crippen molar-refractivity contribution >= 4 is 5.97 Å². The van der Waals surface area contributed by atoms with Gasteiger partial charge in [0.1, 0.15) is 5.75 Å². The maximum Gasteiger partial charge on any atom is 0.304 e. The fourth-order valence-electron chi connectivity index (χ4n) is 1.51. The van der Waals surface area contributed by atoms with Gasteiger partial charge in [0, 0.05) is 6.54 Å². The van der Waals surface area contributed by atoms with Crippen LogP contribution in [0.1, 0.15) is 24.0 Å². The van der Waals surface area contributed by atoms with Gasteiger partial charge in [-0.15, -0.1) is 0 Å². The van der Waals surface area contributed by atoms with Gasteiger partial charge in [-0.05, 0) is 50.1 Å². The molecule has 0 fully saturated rings. The smallest absolute Gasteiger partial charge is 0.304 e. The van der Waals surface area contributed by atoms with E-state index in [4.69, 9.17) is 9.84 Å². The summed E-state index contributed by atoms with van der Waals surface area (Å²) in [6, 6.07) is 6.06. The van der Waals surface area contributed by atoms with Crippen molar-refractivity contribution in [3.8, 4) is 5.75 Å². The molecule has 0 atom stereocenters. The average molecular weight is 251 g/mol. The molecule has 4 nitrogen and oxygen atoms in total. The lowest BCUT2D eigenvalue weighted by molar-refractivity contribution is -0.136. The summed E-state index contributed by atoms with van der Waals surface area (Å²) in [4.78, 5) is 10.3. The van der Waals surface area contributed by atoms with Gasteiger partial charge >= 0.3 is 5.97 Å². The number of rotatable bonds is 8. The third-order valence-electron chi connectivity index (χ3n) is 2.76. The Morgan fingerprint density at radius 3 is 2.72 bits per heavy atom. The van der Waals surface area contributed by atoms with Gasteiger partial charge in [-0.1, -0.05) is 6.07 Å². The Bertz CT molecular complexity index is 391. The molecule has 0 radical (unpaired) electrons. The number of aryl methyl sites for hydroxylation is 2. The molecule has 0 heterocycles. The van der Waals surface area contributed by atoms with Gasteiger partial charge in [0.2, 0.25) is 0 Å². The predicted molar refractivity (Wildman–Crippen MR) is 71.2 cm³/mol. The quantitative estimate of drug-likeness (QED) is 0.695. The predicted octanol–water partition coefficient (Wildman–Crippen LogP) is 2.14. The van der Waals surface area contributed by atoms with E-state index in [1.807, 2.05) is 12.1 Å². The topological polar surface area (TPSA) is 58.6 Å². The first-order valence-corrected chi connectivity index (χ1v) is 6.22. The molecule has 0 unspecified atom stereocenters. The highest BCUT2D eigenvalue weighted by Gasteiger charge is 1.98. The SMILES string of the molecule is Cc1ccc(OCCCNCCC(=O)O)cc1C. The first-order chi connectivity index (χ1) is 8.59. The summed E-state index contributed by atoms with van der Waals surface area (Å²) in [6.45, 7) is 6.07. The van der Waals surface area contributed by atoms with E-state index >= 15 is 0 Å². The Labute approximate surface area is 108 Å². The summed E-state index contributed by atoms with van der Waals surface area (Å²) < 4.78 is 5.61. The van der Waals surface area contributed by atoms with Crippen LogP contribution in [-0.2, 0) is 4.79 Å². The molecule has 4 heteroatoms. The first-order valence-electron chi connectivity index (χ1n) is 6.22. The van der Waals surface area contributed by atoms with Crippen molar-refractivity contribution in [1.82, 2.24) is 5.32 Å². The Hall–Kier alpha value is -1.55. The van der Waals surface area contributed by atoms with E-state index in [0.29, 0.717) is 13.2 Å². The van der Waals surface area contributed by atoms with E-state index in [2.05, 4.69) is 25.2 Å². The van der Waals surface area contributed by atoms with Crippen LogP contribution in [-0.4, -0.2) is 30.8 Å². The van der Waals surface area contributed by atoms with Crippen LogP contribution in [0, 0.1) is 13.8 Å². The maximum atomic E-state index is 10.3. The molecular weight excluding hydrogens is 230 g/mol.